The minimum Gasteiger partial charge on any atom is -1.00 e. The van der Waals surface area contributed by atoms with Crippen molar-refractivity contribution in [3.63, 3.8) is 0 Å². The molecule has 0 spiro atoms. The molecule has 0 saturated carbocycles. The van der Waals surface area contributed by atoms with Crippen LogP contribution < -0.4 is 17.0 Å². The van der Waals surface area contributed by atoms with Gasteiger partial charge in [-0.3, -0.25) is 0 Å². The van der Waals surface area contributed by atoms with Crippen LogP contribution >= 0.6 is 0 Å². The summed E-state index contributed by atoms with van der Waals surface area (Å²) in [6, 6.07) is 6.21. The molecule has 0 amide bonds. The number of hydrogen-bond acceptors (Lipinski definition) is 0. The molecule has 0 N–H and O–H groups in total. The molecule has 1 aromatic rings. The van der Waals surface area contributed by atoms with Crippen molar-refractivity contribution in [2.75, 3.05) is 0 Å². The Balaban J connectivity index is 0.000000605. The maximum atomic E-state index is 12.9. The molecule has 0 bridgehead atoms. The number of aryl methyl sites for hydroxylation is 1. The van der Waals surface area contributed by atoms with E-state index >= 15 is 0 Å². The number of rotatable bonds is 0. The van der Waals surface area contributed by atoms with E-state index in [2.05, 4.69) is 6.07 Å². The van der Waals surface area contributed by atoms with Gasteiger partial charge in [0, 0.05) is 5.82 Å². The summed E-state index contributed by atoms with van der Waals surface area (Å²) in [4.78, 5) is 0. The Morgan fingerprint density at radius 3 is 2.75 bits per heavy atom. The first-order valence-corrected chi connectivity index (χ1v) is 3.56. The van der Waals surface area contributed by atoms with Crippen LogP contribution in [-0.2, 0) is 12.8 Å². The molecular formula is C9H8BrFMg. The zero-order chi connectivity index (χ0) is 6.97. The van der Waals surface area contributed by atoms with E-state index in [9.17, 15) is 4.39 Å². The molecule has 0 heterocycles. The van der Waals surface area contributed by atoms with Crippen LogP contribution in [0.15, 0.2) is 12.1 Å². The largest absolute Gasteiger partial charge is 2.00 e. The van der Waals surface area contributed by atoms with Crippen molar-refractivity contribution >= 4 is 23.1 Å². The van der Waals surface area contributed by atoms with Crippen LogP contribution in [0.1, 0.15) is 17.5 Å². The molecule has 0 unspecified atom stereocenters. The van der Waals surface area contributed by atoms with E-state index in [1.807, 2.05) is 0 Å². The zero-order valence-corrected chi connectivity index (χ0v) is 9.74. The van der Waals surface area contributed by atoms with Gasteiger partial charge in [0.25, 0.3) is 0 Å². The fourth-order valence-electron chi connectivity index (χ4n) is 1.48. The van der Waals surface area contributed by atoms with Crippen molar-refractivity contribution in [2.24, 2.45) is 0 Å². The molecule has 1 aromatic carbocycles. The van der Waals surface area contributed by atoms with Gasteiger partial charge in [0.15, 0.2) is 0 Å². The predicted molar refractivity (Wildman–Crippen MR) is 43.0 cm³/mol. The number of fused-ring (bicyclic) bond motifs is 1. The topological polar surface area (TPSA) is 0 Å². The first kappa shape index (κ1) is 12.4. The number of hydrogen-bond donors (Lipinski definition) is 0. The van der Waals surface area contributed by atoms with Gasteiger partial charge in [0.2, 0.25) is 0 Å². The number of halogens is 2. The second-order valence-corrected chi connectivity index (χ2v) is 2.64. The van der Waals surface area contributed by atoms with E-state index in [0.29, 0.717) is 0 Å². The summed E-state index contributed by atoms with van der Waals surface area (Å²) in [5.74, 6) is -0.0498. The minimum absolute atomic E-state index is 0. The van der Waals surface area contributed by atoms with Gasteiger partial charge in [-0.15, -0.1) is 11.6 Å². The van der Waals surface area contributed by atoms with Crippen molar-refractivity contribution in [2.45, 2.75) is 19.3 Å². The van der Waals surface area contributed by atoms with Gasteiger partial charge < -0.3 is 17.0 Å². The van der Waals surface area contributed by atoms with E-state index in [1.165, 1.54) is 6.07 Å². The van der Waals surface area contributed by atoms with Crippen LogP contribution in [0.5, 0.6) is 0 Å². The zero-order valence-electron chi connectivity index (χ0n) is 6.74. The average Bonchev–Trinajstić information content (AvgIpc) is 2.36. The smallest absolute Gasteiger partial charge is 1.00 e. The maximum absolute atomic E-state index is 12.9. The summed E-state index contributed by atoms with van der Waals surface area (Å²) in [7, 11) is 0. The molecule has 2 rings (SSSR count). The van der Waals surface area contributed by atoms with Gasteiger partial charge in [0.05, 0.1) is 0 Å². The Kier molecular flexibility index (Phi) is 5.37. The van der Waals surface area contributed by atoms with Crippen LogP contribution in [0.25, 0.3) is 0 Å². The summed E-state index contributed by atoms with van der Waals surface area (Å²) >= 11 is 0. The van der Waals surface area contributed by atoms with E-state index in [4.69, 9.17) is 0 Å². The molecule has 1 aliphatic carbocycles. The van der Waals surface area contributed by atoms with Crippen LogP contribution in [0, 0.1) is 11.9 Å². The SMILES string of the molecule is Fc1cc[c-]c2c1CCC2.[Br-].[Mg+2]. The second-order valence-electron chi connectivity index (χ2n) is 2.64. The van der Waals surface area contributed by atoms with E-state index in [1.54, 1.807) is 6.07 Å². The third kappa shape index (κ3) is 2.21. The van der Waals surface area contributed by atoms with Gasteiger partial charge in [-0.2, -0.15) is 17.7 Å². The third-order valence-electron chi connectivity index (χ3n) is 1.99. The average molecular weight is 239 g/mol. The molecule has 0 aromatic heterocycles. The van der Waals surface area contributed by atoms with Gasteiger partial charge >= 0.3 is 23.1 Å². The van der Waals surface area contributed by atoms with Gasteiger partial charge in [-0.25, -0.2) is 4.39 Å². The second kappa shape index (κ2) is 5.20. The van der Waals surface area contributed by atoms with Crippen molar-refractivity contribution in [3.8, 4) is 0 Å². The molecule has 1 aliphatic rings. The van der Waals surface area contributed by atoms with E-state index in [0.717, 1.165) is 30.4 Å². The van der Waals surface area contributed by atoms with Crippen LogP contribution in [-0.4, -0.2) is 23.1 Å². The maximum Gasteiger partial charge on any atom is 2.00 e. The quantitative estimate of drug-likeness (QED) is 0.391. The Morgan fingerprint density at radius 2 is 2.08 bits per heavy atom. The first-order valence-electron chi connectivity index (χ1n) is 3.56. The van der Waals surface area contributed by atoms with E-state index in [-0.39, 0.29) is 45.9 Å². The predicted octanol–water partition coefficient (Wildman–Crippen LogP) is -1.26. The summed E-state index contributed by atoms with van der Waals surface area (Å²) in [6.45, 7) is 0. The molecule has 0 fully saturated rings. The Morgan fingerprint density at radius 1 is 1.33 bits per heavy atom. The normalized spacial score (nSPS) is 12.8. The standard InChI is InChI=1S/C9H8F.BrH.Mg/c10-9-6-2-4-7-3-1-5-8(7)9;;/h2,6H,1,3,5H2;1H;/q-1;;+2/p-1. The fraction of sp³-hybridized carbons (Fsp3) is 0.333. The van der Waals surface area contributed by atoms with Crippen LogP contribution in [0.4, 0.5) is 4.39 Å². The fourth-order valence-corrected chi connectivity index (χ4v) is 1.48. The van der Waals surface area contributed by atoms with Crippen LogP contribution in [0.3, 0.4) is 0 Å². The molecular weight excluding hydrogens is 231 g/mol. The van der Waals surface area contributed by atoms with Crippen LogP contribution in [0.2, 0.25) is 0 Å². The molecule has 0 radical (unpaired) electrons. The van der Waals surface area contributed by atoms with Crippen molar-refractivity contribution in [1.29, 1.82) is 0 Å². The monoisotopic (exact) mass is 238 g/mol. The van der Waals surface area contributed by atoms with Crippen molar-refractivity contribution in [1.82, 2.24) is 0 Å². The Labute approximate surface area is 98.5 Å². The molecule has 0 saturated heterocycles. The van der Waals surface area contributed by atoms with Gasteiger partial charge in [0.1, 0.15) is 0 Å². The molecule has 60 valence electrons. The summed E-state index contributed by atoms with van der Waals surface area (Å²) in [6.07, 6.45) is 3.00. The summed E-state index contributed by atoms with van der Waals surface area (Å²) in [5, 5.41) is 0. The molecule has 12 heavy (non-hydrogen) atoms. The van der Waals surface area contributed by atoms with E-state index < -0.39 is 0 Å². The van der Waals surface area contributed by atoms with Gasteiger partial charge in [-0.1, -0.05) is 19.3 Å². The molecule has 0 atom stereocenters. The van der Waals surface area contributed by atoms with Crippen molar-refractivity contribution in [3.05, 3.63) is 35.1 Å². The first-order chi connectivity index (χ1) is 4.88. The van der Waals surface area contributed by atoms with Crippen molar-refractivity contribution < 1.29 is 21.4 Å². The molecule has 3 heteroatoms. The minimum atomic E-state index is -0.0498. The molecule has 0 nitrogen and oxygen atoms in total. The Hall–Kier alpha value is 0.396. The summed E-state index contributed by atoms with van der Waals surface area (Å²) in [5.41, 5.74) is 1.97. The summed E-state index contributed by atoms with van der Waals surface area (Å²) < 4.78 is 12.9. The molecule has 0 aliphatic heterocycles. The third-order valence-corrected chi connectivity index (χ3v) is 1.99. The number of benzene rings is 1. The Bertz CT molecular complexity index is 263. The van der Waals surface area contributed by atoms with Gasteiger partial charge in [-0.05, 0) is 0 Å².